The predicted octanol–water partition coefficient (Wildman–Crippen LogP) is 2.34. The molecule has 1 aliphatic heterocycles. The van der Waals surface area contributed by atoms with Gasteiger partial charge in [0.05, 0.1) is 11.8 Å². The van der Waals surface area contributed by atoms with Gasteiger partial charge < -0.3 is 9.64 Å². The Morgan fingerprint density at radius 3 is 2.55 bits per heavy atom. The van der Waals surface area contributed by atoms with Crippen molar-refractivity contribution in [3.63, 3.8) is 0 Å². The lowest BCUT2D eigenvalue weighted by Crippen LogP contribution is -2.41. The Morgan fingerprint density at radius 2 is 1.91 bits per heavy atom. The lowest BCUT2D eigenvalue weighted by Gasteiger charge is -2.31. The molecular weight excluding hydrogens is 278 g/mol. The molecule has 0 spiro atoms. The molecule has 1 aromatic heterocycles. The average Bonchev–Trinajstić information content (AvgIpc) is 2.97. The van der Waals surface area contributed by atoms with Crippen molar-refractivity contribution in [2.75, 3.05) is 20.2 Å². The van der Waals surface area contributed by atoms with Crippen molar-refractivity contribution < 1.29 is 9.53 Å². The Morgan fingerprint density at radius 1 is 1.23 bits per heavy atom. The molecule has 0 unspecified atom stereocenters. The Hall–Kier alpha value is -2.14. The maximum absolute atomic E-state index is 12.7. The second-order valence-corrected chi connectivity index (χ2v) is 5.63. The maximum Gasteiger partial charge on any atom is 0.272 e. The number of likely N-dealkylation sites (tertiary alicyclic amines) is 1. The number of aromatic nitrogens is 2. The normalized spacial score (nSPS) is 16.0. The number of hydrogen-bond donors (Lipinski definition) is 0. The van der Waals surface area contributed by atoms with Crippen LogP contribution in [0.4, 0.5) is 0 Å². The van der Waals surface area contributed by atoms with Gasteiger partial charge in [-0.05, 0) is 18.9 Å². The summed E-state index contributed by atoms with van der Waals surface area (Å²) in [6.07, 6.45) is 2.06. The molecule has 22 heavy (non-hydrogen) atoms. The van der Waals surface area contributed by atoms with E-state index in [1.165, 1.54) is 0 Å². The first kappa shape index (κ1) is 14.8. The number of amides is 1. The van der Waals surface area contributed by atoms with Gasteiger partial charge in [-0.15, -0.1) is 0 Å². The summed E-state index contributed by atoms with van der Waals surface area (Å²) in [6.45, 7) is 1.48. The van der Waals surface area contributed by atoms with Crippen molar-refractivity contribution in [1.29, 1.82) is 0 Å². The van der Waals surface area contributed by atoms with E-state index in [0.717, 1.165) is 37.2 Å². The van der Waals surface area contributed by atoms with Gasteiger partial charge in [-0.25, -0.2) is 0 Å². The van der Waals surface area contributed by atoms with Crippen LogP contribution >= 0.6 is 0 Å². The van der Waals surface area contributed by atoms with Crippen molar-refractivity contribution in [2.24, 2.45) is 7.05 Å². The van der Waals surface area contributed by atoms with E-state index in [2.05, 4.69) is 5.10 Å². The van der Waals surface area contributed by atoms with Crippen LogP contribution < -0.4 is 0 Å². The fourth-order valence-electron chi connectivity index (χ4n) is 2.87. The molecule has 5 heteroatoms. The molecule has 0 saturated carbocycles. The smallest absolute Gasteiger partial charge is 0.272 e. The van der Waals surface area contributed by atoms with Gasteiger partial charge in [0.1, 0.15) is 5.69 Å². The van der Waals surface area contributed by atoms with Gasteiger partial charge in [0, 0.05) is 32.8 Å². The third-order valence-corrected chi connectivity index (χ3v) is 4.23. The summed E-state index contributed by atoms with van der Waals surface area (Å²) in [5, 5.41) is 4.47. The Balaban J connectivity index is 1.78. The van der Waals surface area contributed by atoms with E-state index in [1.54, 1.807) is 11.8 Å². The minimum atomic E-state index is 0.0479. The van der Waals surface area contributed by atoms with Crippen LogP contribution in [-0.2, 0) is 11.8 Å². The third-order valence-electron chi connectivity index (χ3n) is 4.23. The Labute approximate surface area is 130 Å². The quantitative estimate of drug-likeness (QED) is 0.874. The molecule has 3 rings (SSSR count). The zero-order chi connectivity index (χ0) is 15.5. The second kappa shape index (κ2) is 6.32. The molecular formula is C17H21N3O2. The number of piperidine rings is 1. The van der Waals surface area contributed by atoms with E-state index in [1.807, 2.05) is 48.3 Å². The monoisotopic (exact) mass is 299 g/mol. The van der Waals surface area contributed by atoms with Crippen LogP contribution in [0, 0.1) is 0 Å². The van der Waals surface area contributed by atoms with Crippen LogP contribution in [0.3, 0.4) is 0 Å². The molecule has 1 saturated heterocycles. The number of aryl methyl sites for hydroxylation is 1. The standard InChI is InChI=1S/C17H21N3O2/c1-19-16(12-15(18-19)13-6-4-3-5-7-13)17(21)20-10-8-14(22-2)9-11-20/h3-7,12,14H,8-11H2,1-2H3. The van der Waals surface area contributed by atoms with Gasteiger partial charge >= 0.3 is 0 Å². The van der Waals surface area contributed by atoms with Crippen molar-refractivity contribution in [2.45, 2.75) is 18.9 Å². The molecule has 2 heterocycles. The number of ether oxygens (including phenoxy) is 1. The van der Waals surface area contributed by atoms with Crippen molar-refractivity contribution >= 4 is 5.91 Å². The lowest BCUT2D eigenvalue weighted by atomic mass is 10.1. The summed E-state index contributed by atoms with van der Waals surface area (Å²) in [7, 11) is 3.55. The molecule has 0 atom stereocenters. The van der Waals surface area contributed by atoms with Crippen molar-refractivity contribution in [3.8, 4) is 11.3 Å². The molecule has 0 radical (unpaired) electrons. The SMILES string of the molecule is COC1CCN(C(=O)c2cc(-c3ccccc3)nn2C)CC1. The largest absolute Gasteiger partial charge is 0.381 e. The number of rotatable bonds is 3. The molecule has 1 fully saturated rings. The average molecular weight is 299 g/mol. The topological polar surface area (TPSA) is 47.4 Å². The highest BCUT2D eigenvalue weighted by Crippen LogP contribution is 2.21. The van der Waals surface area contributed by atoms with Gasteiger partial charge in [0.25, 0.3) is 5.91 Å². The number of methoxy groups -OCH3 is 1. The fourth-order valence-corrected chi connectivity index (χ4v) is 2.87. The summed E-state index contributed by atoms with van der Waals surface area (Å²) in [6, 6.07) is 11.8. The predicted molar refractivity (Wildman–Crippen MR) is 84.6 cm³/mol. The van der Waals surface area contributed by atoms with Gasteiger partial charge in [-0.3, -0.25) is 9.48 Å². The van der Waals surface area contributed by atoms with E-state index in [0.29, 0.717) is 5.69 Å². The molecule has 1 aromatic carbocycles. The summed E-state index contributed by atoms with van der Waals surface area (Å²) in [4.78, 5) is 14.6. The van der Waals surface area contributed by atoms with Crippen molar-refractivity contribution in [3.05, 3.63) is 42.1 Å². The number of carbonyl (C=O) groups excluding carboxylic acids is 1. The Kier molecular flexibility index (Phi) is 4.24. The second-order valence-electron chi connectivity index (χ2n) is 5.63. The van der Waals surface area contributed by atoms with Crippen LogP contribution in [0.1, 0.15) is 23.3 Å². The Bertz CT molecular complexity index is 643. The zero-order valence-corrected chi connectivity index (χ0v) is 13.0. The minimum absolute atomic E-state index is 0.0479. The number of carbonyl (C=O) groups is 1. The lowest BCUT2D eigenvalue weighted by molar-refractivity contribution is 0.0345. The van der Waals surface area contributed by atoms with E-state index < -0.39 is 0 Å². The van der Waals surface area contributed by atoms with Gasteiger partial charge in [-0.2, -0.15) is 5.10 Å². The molecule has 0 bridgehead atoms. The van der Waals surface area contributed by atoms with Crippen LogP contribution in [0.5, 0.6) is 0 Å². The first-order valence-corrected chi connectivity index (χ1v) is 7.60. The van der Waals surface area contributed by atoms with E-state index in [4.69, 9.17) is 4.74 Å². The van der Waals surface area contributed by atoms with Gasteiger partial charge in [0.2, 0.25) is 0 Å². The van der Waals surface area contributed by atoms with E-state index >= 15 is 0 Å². The molecule has 1 amide bonds. The highest BCUT2D eigenvalue weighted by atomic mass is 16.5. The summed E-state index contributed by atoms with van der Waals surface area (Å²) < 4.78 is 7.03. The highest BCUT2D eigenvalue weighted by molar-refractivity contribution is 5.93. The maximum atomic E-state index is 12.7. The van der Waals surface area contributed by atoms with E-state index in [9.17, 15) is 4.79 Å². The number of benzene rings is 1. The zero-order valence-electron chi connectivity index (χ0n) is 13.0. The molecule has 0 aliphatic carbocycles. The molecule has 5 nitrogen and oxygen atoms in total. The van der Waals surface area contributed by atoms with Crippen LogP contribution in [-0.4, -0.2) is 46.9 Å². The first-order valence-electron chi connectivity index (χ1n) is 7.60. The molecule has 1 aliphatic rings. The van der Waals surface area contributed by atoms with Crippen LogP contribution in [0.2, 0.25) is 0 Å². The van der Waals surface area contributed by atoms with E-state index in [-0.39, 0.29) is 12.0 Å². The van der Waals surface area contributed by atoms with Gasteiger partial charge in [-0.1, -0.05) is 30.3 Å². The first-order chi connectivity index (χ1) is 10.7. The summed E-state index contributed by atoms with van der Waals surface area (Å²) >= 11 is 0. The third kappa shape index (κ3) is 2.90. The van der Waals surface area contributed by atoms with Crippen LogP contribution in [0.25, 0.3) is 11.3 Å². The van der Waals surface area contributed by atoms with Crippen LogP contribution in [0.15, 0.2) is 36.4 Å². The fraction of sp³-hybridized carbons (Fsp3) is 0.412. The van der Waals surface area contributed by atoms with Crippen molar-refractivity contribution in [1.82, 2.24) is 14.7 Å². The molecule has 2 aromatic rings. The number of hydrogen-bond acceptors (Lipinski definition) is 3. The minimum Gasteiger partial charge on any atom is -0.381 e. The van der Waals surface area contributed by atoms with Gasteiger partial charge in [0.15, 0.2) is 0 Å². The molecule has 0 N–H and O–H groups in total. The summed E-state index contributed by atoms with van der Waals surface area (Å²) in [5.41, 5.74) is 2.49. The molecule has 116 valence electrons. The highest BCUT2D eigenvalue weighted by Gasteiger charge is 2.25. The summed E-state index contributed by atoms with van der Waals surface area (Å²) in [5.74, 6) is 0.0479. The number of nitrogens with zero attached hydrogens (tertiary/aromatic N) is 3.